The molecule has 0 bridgehead atoms. The first kappa shape index (κ1) is 14.7. The minimum Gasteiger partial charge on any atom is -0.486 e. The Bertz CT molecular complexity index is 436. The van der Waals surface area contributed by atoms with Gasteiger partial charge in [-0.05, 0) is 31.9 Å². The van der Waals surface area contributed by atoms with Crippen molar-refractivity contribution in [2.45, 2.75) is 44.8 Å². The van der Waals surface area contributed by atoms with E-state index in [9.17, 15) is 8.78 Å². The number of benzene rings is 1. The first-order valence-electron chi connectivity index (χ1n) is 6.61. The summed E-state index contributed by atoms with van der Waals surface area (Å²) in [4.78, 5) is 0. The van der Waals surface area contributed by atoms with Crippen molar-refractivity contribution in [2.24, 2.45) is 0 Å². The molecule has 2 rings (SSSR count). The molecular weight excluding hydrogens is 316 g/mol. The molecule has 1 aromatic rings. The second kappa shape index (κ2) is 6.66. The molecule has 19 heavy (non-hydrogen) atoms. The summed E-state index contributed by atoms with van der Waals surface area (Å²) >= 11 is 3.13. The third kappa shape index (κ3) is 4.14. The molecule has 0 aromatic heterocycles. The van der Waals surface area contributed by atoms with Gasteiger partial charge in [0.15, 0.2) is 11.6 Å². The van der Waals surface area contributed by atoms with Crippen LogP contribution in [0.15, 0.2) is 16.6 Å². The van der Waals surface area contributed by atoms with Crippen LogP contribution in [-0.2, 0) is 0 Å². The van der Waals surface area contributed by atoms with Gasteiger partial charge in [-0.2, -0.15) is 4.39 Å². The average Bonchev–Trinajstić information content (AvgIpc) is 2.86. The van der Waals surface area contributed by atoms with E-state index in [1.165, 1.54) is 31.7 Å². The lowest BCUT2D eigenvalue weighted by molar-refractivity contribution is 0.200. The summed E-state index contributed by atoms with van der Waals surface area (Å²) in [5, 5.41) is 3.40. The Labute approximate surface area is 120 Å². The number of nitrogens with one attached hydrogen (secondary N) is 1. The van der Waals surface area contributed by atoms with E-state index >= 15 is 0 Å². The highest BCUT2D eigenvalue weighted by Crippen LogP contribution is 2.26. The van der Waals surface area contributed by atoms with Gasteiger partial charge in [-0.3, -0.25) is 0 Å². The predicted molar refractivity (Wildman–Crippen MR) is 74.4 cm³/mol. The van der Waals surface area contributed by atoms with Gasteiger partial charge in [-0.15, -0.1) is 0 Å². The van der Waals surface area contributed by atoms with Gasteiger partial charge in [-0.1, -0.05) is 28.8 Å². The monoisotopic (exact) mass is 333 g/mol. The van der Waals surface area contributed by atoms with E-state index in [2.05, 4.69) is 21.2 Å². The maximum atomic E-state index is 13.5. The summed E-state index contributed by atoms with van der Waals surface area (Å²) in [6.07, 6.45) is 4.69. The van der Waals surface area contributed by atoms with Crippen molar-refractivity contribution in [3.05, 3.63) is 28.2 Å². The fourth-order valence-corrected chi connectivity index (χ4v) is 2.75. The number of hydrogen-bond acceptors (Lipinski definition) is 2. The summed E-state index contributed by atoms with van der Waals surface area (Å²) < 4.78 is 32.7. The maximum Gasteiger partial charge on any atom is 0.200 e. The Morgan fingerprint density at radius 2 is 2.05 bits per heavy atom. The second-order valence-corrected chi connectivity index (χ2v) is 5.93. The highest BCUT2D eigenvalue weighted by Gasteiger charge is 2.17. The minimum absolute atomic E-state index is 0.0485. The molecule has 1 saturated carbocycles. The third-order valence-electron chi connectivity index (χ3n) is 3.34. The number of ether oxygens (including phenoxy) is 1. The first-order chi connectivity index (χ1) is 9.06. The fraction of sp³-hybridized carbons (Fsp3) is 0.571. The number of rotatable bonds is 5. The van der Waals surface area contributed by atoms with E-state index in [1.807, 2.05) is 6.92 Å². The van der Waals surface area contributed by atoms with Gasteiger partial charge in [0.05, 0.1) is 0 Å². The van der Waals surface area contributed by atoms with E-state index in [4.69, 9.17) is 4.74 Å². The van der Waals surface area contributed by atoms with Crippen LogP contribution in [0.5, 0.6) is 5.75 Å². The Kier molecular flexibility index (Phi) is 5.16. The van der Waals surface area contributed by atoms with Crippen molar-refractivity contribution in [1.82, 2.24) is 5.32 Å². The summed E-state index contributed by atoms with van der Waals surface area (Å²) in [7, 11) is 0. The molecule has 5 heteroatoms. The van der Waals surface area contributed by atoms with Gasteiger partial charge in [0.25, 0.3) is 0 Å². The zero-order valence-electron chi connectivity index (χ0n) is 10.9. The number of halogens is 3. The molecule has 0 spiro atoms. The van der Waals surface area contributed by atoms with Crippen LogP contribution in [0.2, 0.25) is 0 Å². The molecule has 0 amide bonds. The maximum absolute atomic E-state index is 13.5. The molecule has 0 aliphatic heterocycles. The largest absolute Gasteiger partial charge is 0.486 e. The molecule has 2 nitrogen and oxygen atoms in total. The third-order valence-corrected chi connectivity index (χ3v) is 3.79. The topological polar surface area (TPSA) is 21.3 Å². The molecule has 0 radical (unpaired) electrons. The lowest BCUT2D eigenvalue weighted by Crippen LogP contribution is -2.35. The summed E-state index contributed by atoms with van der Waals surface area (Å²) in [6.45, 7) is 2.48. The van der Waals surface area contributed by atoms with Crippen molar-refractivity contribution in [3.8, 4) is 5.75 Å². The fourth-order valence-electron chi connectivity index (χ4n) is 2.34. The van der Waals surface area contributed by atoms with Crippen molar-refractivity contribution in [2.75, 3.05) is 6.54 Å². The molecule has 0 heterocycles. The second-order valence-electron chi connectivity index (χ2n) is 5.02. The Balaban J connectivity index is 1.89. The van der Waals surface area contributed by atoms with E-state index in [0.29, 0.717) is 17.1 Å². The van der Waals surface area contributed by atoms with Crippen LogP contribution in [0.3, 0.4) is 0 Å². The molecule has 1 aliphatic rings. The molecule has 1 atom stereocenters. The highest BCUT2D eigenvalue weighted by atomic mass is 79.9. The molecular formula is C14H18BrF2NO. The summed E-state index contributed by atoms with van der Waals surface area (Å²) in [5.74, 6) is -1.89. The standard InChI is InChI=1S/C14H18BrF2NO/c1-9(8-18-11-4-2-3-5-11)19-13-7-10(15)6-12(16)14(13)17/h6-7,9,11,18H,2-5,8H2,1H3. The molecule has 106 valence electrons. The van der Waals surface area contributed by atoms with Gasteiger partial charge >= 0.3 is 0 Å². The van der Waals surface area contributed by atoms with Crippen molar-refractivity contribution in [1.29, 1.82) is 0 Å². The SMILES string of the molecule is CC(CNC1CCCC1)Oc1cc(Br)cc(F)c1F. The minimum atomic E-state index is -0.934. The highest BCUT2D eigenvalue weighted by molar-refractivity contribution is 9.10. The zero-order valence-corrected chi connectivity index (χ0v) is 12.5. The van der Waals surface area contributed by atoms with E-state index in [0.717, 1.165) is 6.07 Å². The lowest BCUT2D eigenvalue weighted by atomic mass is 10.2. The summed E-state index contributed by atoms with van der Waals surface area (Å²) in [6, 6.07) is 3.07. The van der Waals surface area contributed by atoms with Crippen molar-refractivity contribution in [3.63, 3.8) is 0 Å². The van der Waals surface area contributed by atoms with Crippen molar-refractivity contribution < 1.29 is 13.5 Å². The number of hydrogen-bond donors (Lipinski definition) is 1. The van der Waals surface area contributed by atoms with Crippen LogP contribution >= 0.6 is 15.9 Å². The average molecular weight is 334 g/mol. The molecule has 1 aromatic carbocycles. The molecule has 1 N–H and O–H groups in total. The Hall–Kier alpha value is -0.680. The van der Waals surface area contributed by atoms with Crippen molar-refractivity contribution >= 4 is 15.9 Å². The van der Waals surface area contributed by atoms with Gasteiger partial charge < -0.3 is 10.1 Å². The van der Waals surface area contributed by atoms with Gasteiger partial charge in [0.2, 0.25) is 5.82 Å². The van der Waals surface area contributed by atoms with E-state index in [1.54, 1.807) is 0 Å². The van der Waals surface area contributed by atoms with Crippen LogP contribution in [0.4, 0.5) is 8.78 Å². The van der Waals surface area contributed by atoms with E-state index < -0.39 is 11.6 Å². The van der Waals surface area contributed by atoms with Gasteiger partial charge in [0, 0.05) is 17.1 Å². The predicted octanol–water partition coefficient (Wildman–Crippen LogP) is 4.03. The normalized spacial score (nSPS) is 17.7. The van der Waals surface area contributed by atoms with Gasteiger partial charge in [-0.25, -0.2) is 4.39 Å². The Morgan fingerprint density at radius 1 is 1.37 bits per heavy atom. The molecule has 1 fully saturated rings. The van der Waals surface area contributed by atoms with Crippen LogP contribution in [0, 0.1) is 11.6 Å². The summed E-state index contributed by atoms with van der Waals surface area (Å²) in [5.41, 5.74) is 0. The van der Waals surface area contributed by atoms with Gasteiger partial charge in [0.1, 0.15) is 6.10 Å². The first-order valence-corrected chi connectivity index (χ1v) is 7.40. The zero-order chi connectivity index (χ0) is 13.8. The lowest BCUT2D eigenvalue weighted by Gasteiger charge is -2.19. The molecule has 1 aliphatic carbocycles. The smallest absolute Gasteiger partial charge is 0.200 e. The molecule has 1 unspecified atom stereocenters. The van der Waals surface area contributed by atoms with Crippen LogP contribution in [-0.4, -0.2) is 18.7 Å². The molecule has 0 saturated heterocycles. The van der Waals surface area contributed by atoms with Crippen LogP contribution in [0.1, 0.15) is 32.6 Å². The van der Waals surface area contributed by atoms with Crippen LogP contribution in [0.25, 0.3) is 0 Å². The quantitative estimate of drug-likeness (QED) is 0.821. The van der Waals surface area contributed by atoms with E-state index in [-0.39, 0.29) is 11.9 Å². The van der Waals surface area contributed by atoms with Crippen LogP contribution < -0.4 is 10.1 Å². The Morgan fingerprint density at radius 3 is 2.74 bits per heavy atom.